The minimum Gasteiger partial charge on any atom is -0.484 e. The van der Waals surface area contributed by atoms with Crippen LogP contribution < -0.4 is 10.2 Å². The highest BCUT2D eigenvalue weighted by Gasteiger charge is 2.12. The topological polar surface area (TPSA) is 68.5 Å². The number of carbonyl (C=O) groups is 1. The van der Waals surface area contributed by atoms with Crippen molar-refractivity contribution < 1.29 is 13.9 Å². The lowest BCUT2D eigenvalue weighted by atomic mass is 10.2. The lowest BCUT2D eigenvalue weighted by Crippen LogP contribution is -2.24. The predicted octanol–water partition coefficient (Wildman–Crippen LogP) is 4.21. The zero-order chi connectivity index (χ0) is 20.8. The van der Waals surface area contributed by atoms with E-state index in [1.807, 2.05) is 12.1 Å². The molecule has 0 spiro atoms. The van der Waals surface area contributed by atoms with Gasteiger partial charge in [-0.25, -0.2) is 14.5 Å². The van der Waals surface area contributed by atoms with E-state index < -0.39 is 5.91 Å². The monoisotopic (exact) mass is 434 g/mol. The minimum atomic E-state index is -0.465. The van der Waals surface area contributed by atoms with Gasteiger partial charge in [-0.05, 0) is 48.9 Å². The maximum atomic E-state index is 12.8. The van der Waals surface area contributed by atoms with Crippen LogP contribution in [0.2, 0.25) is 10.2 Å². The number of carbonyl (C=O) groups excluding carboxylic acids is 1. The van der Waals surface area contributed by atoms with E-state index in [-0.39, 0.29) is 12.4 Å². The Balaban J connectivity index is 1.57. The van der Waals surface area contributed by atoms with Crippen molar-refractivity contribution in [3.8, 4) is 5.75 Å². The van der Waals surface area contributed by atoms with Gasteiger partial charge in [0.25, 0.3) is 5.91 Å². The van der Waals surface area contributed by atoms with Crippen molar-refractivity contribution in [1.29, 1.82) is 0 Å². The normalized spacial score (nSPS) is 11.0. The largest absolute Gasteiger partial charge is 0.484 e. The Morgan fingerprint density at radius 2 is 1.90 bits per heavy atom. The van der Waals surface area contributed by atoms with Gasteiger partial charge in [0.2, 0.25) is 0 Å². The second-order valence-electron chi connectivity index (χ2n) is 6.11. The van der Waals surface area contributed by atoms with Crippen LogP contribution >= 0.6 is 23.2 Å². The van der Waals surface area contributed by atoms with Crippen LogP contribution in [-0.2, 0) is 11.3 Å². The maximum absolute atomic E-state index is 12.8. The summed E-state index contributed by atoms with van der Waals surface area (Å²) in [6.45, 7) is 2.01. The van der Waals surface area contributed by atoms with Gasteiger partial charge in [0.1, 0.15) is 16.7 Å². The summed E-state index contributed by atoms with van der Waals surface area (Å²) in [5, 5.41) is 9.36. The Morgan fingerprint density at radius 3 is 2.59 bits per heavy atom. The number of hydrogen-bond acceptors (Lipinski definition) is 4. The SMILES string of the molecule is Cc1nn(Cc2ccc(Cl)cc2)c(Cl)c1/C=N\NC(=O)COc1ccc(F)cc1. The van der Waals surface area contributed by atoms with E-state index in [0.29, 0.717) is 33.7 Å². The molecular weight excluding hydrogens is 418 g/mol. The van der Waals surface area contributed by atoms with Crippen LogP contribution in [0.3, 0.4) is 0 Å². The highest BCUT2D eigenvalue weighted by atomic mass is 35.5. The average molecular weight is 435 g/mol. The van der Waals surface area contributed by atoms with Gasteiger partial charge in [-0.3, -0.25) is 4.79 Å². The molecule has 150 valence electrons. The summed E-state index contributed by atoms with van der Waals surface area (Å²) in [7, 11) is 0. The summed E-state index contributed by atoms with van der Waals surface area (Å²) in [6, 6.07) is 12.7. The summed E-state index contributed by atoms with van der Waals surface area (Å²) < 4.78 is 19.7. The summed E-state index contributed by atoms with van der Waals surface area (Å²) in [4.78, 5) is 11.8. The fraction of sp³-hybridized carbons (Fsp3) is 0.150. The number of nitrogens with one attached hydrogen (secondary N) is 1. The second kappa shape index (κ2) is 9.54. The van der Waals surface area contributed by atoms with Gasteiger partial charge in [-0.15, -0.1) is 0 Å². The fourth-order valence-corrected chi connectivity index (χ4v) is 2.87. The molecule has 0 aliphatic carbocycles. The predicted molar refractivity (Wildman–Crippen MR) is 110 cm³/mol. The number of amides is 1. The van der Waals surface area contributed by atoms with E-state index in [1.165, 1.54) is 30.5 Å². The molecule has 3 aromatic rings. The number of hydrazone groups is 1. The summed E-state index contributed by atoms with van der Waals surface area (Å²) in [5.41, 5.74) is 4.62. The third-order valence-electron chi connectivity index (χ3n) is 3.92. The lowest BCUT2D eigenvalue weighted by molar-refractivity contribution is -0.123. The number of benzene rings is 2. The van der Waals surface area contributed by atoms with E-state index in [9.17, 15) is 9.18 Å². The molecule has 0 saturated heterocycles. The van der Waals surface area contributed by atoms with Crippen molar-refractivity contribution in [2.45, 2.75) is 13.5 Å². The minimum absolute atomic E-state index is 0.258. The number of aryl methyl sites for hydroxylation is 1. The zero-order valence-corrected chi connectivity index (χ0v) is 16.9. The van der Waals surface area contributed by atoms with Gasteiger partial charge < -0.3 is 4.74 Å². The summed E-state index contributed by atoms with van der Waals surface area (Å²) in [5.74, 6) is -0.462. The van der Waals surface area contributed by atoms with E-state index in [0.717, 1.165) is 5.56 Å². The van der Waals surface area contributed by atoms with Crippen LogP contribution in [-0.4, -0.2) is 28.5 Å². The van der Waals surface area contributed by atoms with Crippen LogP contribution in [0.15, 0.2) is 53.6 Å². The highest BCUT2D eigenvalue weighted by Crippen LogP contribution is 2.20. The lowest BCUT2D eigenvalue weighted by Gasteiger charge is -2.04. The molecule has 29 heavy (non-hydrogen) atoms. The van der Waals surface area contributed by atoms with Crippen molar-refractivity contribution >= 4 is 35.3 Å². The molecule has 0 aliphatic rings. The molecule has 0 atom stereocenters. The number of ether oxygens (including phenoxy) is 1. The number of aromatic nitrogens is 2. The molecule has 2 aromatic carbocycles. The molecule has 0 unspecified atom stereocenters. The fourth-order valence-electron chi connectivity index (χ4n) is 2.46. The third-order valence-corrected chi connectivity index (χ3v) is 4.57. The van der Waals surface area contributed by atoms with Gasteiger partial charge in [-0.2, -0.15) is 10.2 Å². The molecule has 3 rings (SSSR count). The van der Waals surface area contributed by atoms with E-state index in [4.69, 9.17) is 27.9 Å². The van der Waals surface area contributed by atoms with E-state index >= 15 is 0 Å². The van der Waals surface area contributed by atoms with Crippen molar-refractivity contribution in [2.75, 3.05) is 6.61 Å². The number of halogens is 3. The first kappa shape index (κ1) is 20.8. The molecular formula is C20H17Cl2FN4O2. The molecule has 0 bridgehead atoms. The number of nitrogens with zero attached hydrogens (tertiary/aromatic N) is 3. The summed E-state index contributed by atoms with van der Waals surface area (Å²) >= 11 is 12.3. The smallest absolute Gasteiger partial charge is 0.277 e. The van der Waals surface area contributed by atoms with E-state index in [2.05, 4.69) is 15.6 Å². The Labute approximate surface area is 176 Å². The molecule has 0 radical (unpaired) electrons. The molecule has 0 saturated carbocycles. The van der Waals surface area contributed by atoms with Gasteiger partial charge in [-0.1, -0.05) is 35.3 Å². The molecule has 1 heterocycles. The number of hydrogen-bond donors (Lipinski definition) is 1. The van der Waals surface area contributed by atoms with Gasteiger partial charge in [0.15, 0.2) is 6.61 Å². The van der Waals surface area contributed by atoms with E-state index in [1.54, 1.807) is 23.7 Å². The van der Waals surface area contributed by atoms with Gasteiger partial charge >= 0.3 is 0 Å². The Morgan fingerprint density at radius 1 is 1.21 bits per heavy atom. The molecule has 6 nitrogen and oxygen atoms in total. The second-order valence-corrected chi connectivity index (χ2v) is 6.90. The molecule has 1 N–H and O–H groups in total. The van der Waals surface area contributed by atoms with Crippen molar-refractivity contribution in [2.24, 2.45) is 5.10 Å². The Hall–Kier alpha value is -2.90. The summed E-state index contributed by atoms with van der Waals surface area (Å²) in [6.07, 6.45) is 1.43. The highest BCUT2D eigenvalue weighted by molar-refractivity contribution is 6.32. The molecule has 1 amide bonds. The first-order valence-electron chi connectivity index (χ1n) is 8.60. The van der Waals surface area contributed by atoms with Crippen molar-refractivity contribution in [1.82, 2.24) is 15.2 Å². The van der Waals surface area contributed by atoms with Crippen LogP contribution in [0.5, 0.6) is 5.75 Å². The first-order chi connectivity index (χ1) is 13.9. The van der Waals surface area contributed by atoms with Crippen LogP contribution in [0.4, 0.5) is 4.39 Å². The van der Waals surface area contributed by atoms with Crippen LogP contribution in [0.1, 0.15) is 16.8 Å². The van der Waals surface area contributed by atoms with Crippen molar-refractivity contribution in [3.63, 3.8) is 0 Å². The zero-order valence-electron chi connectivity index (χ0n) is 15.4. The third kappa shape index (κ3) is 5.79. The Bertz CT molecular complexity index is 1020. The van der Waals surface area contributed by atoms with Crippen LogP contribution in [0.25, 0.3) is 0 Å². The Kier molecular flexibility index (Phi) is 6.85. The van der Waals surface area contributed by atoms with Crippen LogP contribution in [0, 0.1) is 12.7 Å². The molecule has 1 aromatic heterocycles. The number of rotatable bonds is 7. The molecule has 9 heteroatoms. The van der Waals surface area contributed by atoms with Gasteiger partial charge in [0.05, 0.1) is 24.0 Å². The first-order valence-corrected chi connectivity index (χ1v) is 9.35. The molecule has 0 aliphatic heterocycles. The average Bonchev–Trinajstić information content (AvgIpc) is 2.96. The van der Waals surface area contributed by atoms with Gasteiger partial charge in [0, 0.05) is 5.02 Å². The maximum Gasteiger partial charge on any atom is 0.277 e. The molecule has 0 fully saturated rings. The standard InChI is InChI=1S/C20H17Cl2FN4O2/c1-13-18(20(22)27(26-13)11-14-2-4-15(21)5-3-14)10-24-25-19(28)12-29-17-8-6-16(23)7-9-17/h2-10H,11-12H2,1H3,(H,25,28)/b24-10-. The quantitative estimate of drug-likeness (QED) is 0.447. The van der Waals surface area contributed by atoms with Crippen molar-refractivity contribution in [3.05, 3.63) is 81.3 Å².